The van der Waals surface area contributed by atoms with E-state index in [2.05, 4.69) is 0 Å². The van der Waals surface area contributed by atoms with Crippen molar-refractivity contribution in [3.63, 3.8) is 0 Å². The number of carboxylic acid groups (broad SMARTS) is 1. The van der Waals surface area contributed by atoms with E-state index in [1.807, 2.05) is 29.0 Å². The number of aliphatic carboxylic acids is 1. The molecule has 0 unspecified atom stereocenters. The first-order valence-electron chi connectivity index (χ1n) is 7.27. The van der Waals surface area contributed by atoms with Crippen LogP contribution in [0.1, 0.15) is 23.6 Å². The van der Waals surface area contributed by atoms with E-state index >= 15 is 0 Å². The summed E-state index contributed by atoms with van der Waals surface area (Å²) in [7, 11) is 1.58. The zero-order valence-corrected chi connectivity index (χ0v) is 13.5. The number of likely N-dealkylation sites (tertiary alicyclic amines) is 1. The van der Waals surface area contributed by atoms with Crippen molar-refractivity contribution in [1.82, 2.24) is 4.90 Å². The van der Waals surface area contributed by atoms with Gasteiger partial charge in [0.25, 0.3) is 0 Å². The lowest BCUT2D eigenvalue weighted by Gasteiger charge is -2.27. The normalized spacial score (nSPS) is 20.7. The molecule has 120 valence electrons. The molecular formula is C17H17NO4S. The van der Waals surface area contributed by atoms with E-state index in [1.165, 1.54) is 0 Å². The first-order valence-corrected chi connectivity index (χ1v) is 8.21. The van der Waals surface area contributed by atoms with Crippen LogP contribution in [0.25, 0.3) is 0 Å². The van der Waals surface area contributed by atoms with Gasteiger partial charge in [-0.25, -0.2) is 0 Å². The number of ether oxygens (including phenoxy) is 1. The van der Waals surface area contributed by atoms with E-state index < -0.39 is 17.9 Å². The standard InChI is InChI=1S/C17H17NO4S/c1-22-13-4-2-12(3-5-13)16-14(17(20)21)8-15(19)18(16)9-11-6-7-23-10-11/h2-7,10,14,16H,8-9H2,1H3,(H,20,21)/t14-,16-/m1/s1. The lowest BCUT2D eigenvalue weighted by atomic mass is 9.93. The second-order valence-corrected chi connectivity index (χ2v) is 6.30. The minimum absolute atomic E-state index is 0.0379. The molecule has 0 spiro atoms. The van der Waals surface area contributed by atoms with Crippen LogP contribution in [0.4, 0.5) is 0 Å². The Balaban J connectivity index is 1.94. The number of nitrogens with zero attached hydrogens (tertiary/aromatic N) is 1. The van der Waals surface area contributed by atoms with E-state index in [-0.39, 0.29) is 12.3 Å². The van der Waals surface area contributed by atoms with Gasteiger partial charge in [-0.2, -0.15) is 11.3 Å². The van der Waals surface area contributed by atoms with Crippen molar-refractivity contribution in [3.8, 4) is 5.75 Å². The molecule has 1 aromatic heterocycles. The van der Waals surface area contributed by atoms with Crippen LogP contribution in [0.2, 0.25) is 0 Å². The molecule has 2 atom stereocenters. The van der Waals surface area contributed by atoms with Crippen molar-refractivity contribution in [2.45, 2.75) is 19.0 Å². The quantitative estimate of drug-likeness (QED) is 0.915. The van der Waals surface area contributed by atoms with Gasteiger partial charge < -0.3 is 14.7 Å². The summed E-state index contributed by atoms with van der Waals surface area (Å²) in [5.41, 5.74) is 1.84. The number of benzene rings is 1. The van der Waals surface area contributed by atoms with Crippen molar-refractivity contribution < 1.29 is 19.4 Å². The van der Waals surface area contributed by atoms with Crippen LogP contribution >= 0.6 is 11.3 Å². The van der Waals surface area contributed by atoms with Crippen LogP contribution in [0, 0.1) is 5.92 Å². The van der Waals surface area contributed by atoms with Crippen LogP contribution < -0.4 is 4.74 Å². The number of rotatable bonds is 5. The Kier molecular flexibility index (Phi) is 4.34. The number of hydrogen-bond donors (Lipinski definition) is 1. The van der Waals surface area contributed by atoms with Crippen LogP contribution in [-0.2, 0) is 16.1 Å². The third-order valence-electron chi connectivity index (χ3n) is 4.14. The molecule has 1 fully saturated rings. The summed E-state index contributed by atoms with van der Waals surface area (Å²) in [6, 6.07) is 8.75. The molecule has 0 radical (unpaired) electrons. The molecule has 0 bridgehead atoms. The van der Waals surface area contributed by atoms with Crippen molar-refractivity contribution in [2.75, 3.05) is 7.11 Å². The van der Waals surface area contributed by atoms with Crippen molar-refractivity contribution >= 4 is 23.2 Å². The topological polar surface area (TPSA) is 66.8 Å². The van der Waals surface area contributed by atoms with E-state index in [0.29, 0.717) is 12.3 Å². The minimum atomic E-state index is -0.938. The van der Waals surface area contributed by atoms with Crippen LogP contribution in [0.3, 0.4) is 0 Å². The molecule has 1 amide bonds. The van der Waals surface area contributed by atoms with Crippen molar-refractivity contribution in [1.29, 1.82) is 0 Å². The maximum absolute atomic E-state index is 12.4. The first kappa shape index (κ1) is 15.6. The third kappa shape index (κ3) is 3.07. The summed E-state index contributed by atoms with van der Waals surface area (Å²) >= 11 is 1.56. The third-order valence-corrected chi connectivity index (χ3v) is 4.87. The zero-order chi connectivity index (χ0) is 16.4. The SMILES string of the molecule is COc1ccc([C@@H]2[C@H](C(=O)O)CC(=O)N2Cc2ccsc2)cc1. The molecule has 3 rings (SSSR count). The molecule has 1 N–H and O–H groups in total. The van der Waals surface area contributed by atoms with Crippen molar-refractivity contribution in [3.05, 3.63) is 52.2 Å². The van der Waals surface area contributed by atoms with Gasteiger partial charge in [0, 0.05) is 13.0 Å². The van der Waals surface area contributed by atoms with Gasteiger partial charge in [0.2, 0.25) is 5.91 Å². The molecule has 1 aliphatic heterocycles. The van der Waals surface area contributed by atoms with Gasteiger partial charge in [0.15, 0.2) is 0 Å². The smallest absolute Gasteiger partial charge is 0.309 e. The van der Waals surface area contributed by atoms with Gasteiger partial charge in [-0.3, -0.25) is 9.59 Å². The summed E-state index contributed by atoms with van der Waals surface area (Å²) < 4.78 is 5.14. The fraction of sp³-hybridized carbons (Fsp3) is 0.294. The van der Waals surface area contributed by atoms with Crippen LogP contribution in [-0.4, -0.2) is 29.0 Å². The lowest BCUT2D eigenvalue weighted by Crippen LogP contribution is -2.30. The van der Waals surface area contributed by atoms with Gasteiger partial charge >= 0.3 is 5.97 Å². The Hall–Kier alpha value is -2.34. The second-order valence-electron chi connectivity index (χ2n) is 5.52. The van der Waals surface area contributed by atoms with E-state index in [0.717, 1.165) is 11.1 Å². The predicted molar refractivity (Wildman–Crippen MR) is 86.3 cm³/mol. The van der Waals surface area contributed by atoms with Crippen LogP contribution in [0.15, 0.2) is 41.1 Å². The highest BCUT2D eigenvalue weighted by molar-refractivity contribution is 7.07. The molecule has 1 aromatic carbocycles. The van der Waals surface area contributed by atoms with Crippen LogP contribution in [0.5, 0.6) is 5.75 Å². The van der Waals surface area contributed by atoms with Gasteiger partial charge in [-0.15, -0.1) is 0 Å². The maximum atomic E-state index is 12.4. The van der Waals surface area contributed by atoms with Gasteiger partial charge in [0.05, 0.1) is 19.1 Å². The van der Waals surface area contributed by atoms with Gasteiger partial charge in [-0.1, -0.05) is 12.1 Å². The summed E-state index contributed by atoms with van der Waals surface area (Å²) in [6.45, 7) is 0.433. The minimum Gasteiger partial charge on any atom is -0.497 e. The van der Waals surface area contributed by atoms with Gasteiger partial charge in [-0.05, 0) is 40.1 Å². The van der Waals surface area contributed by atoms with E-state index in [9.17, 15) is 14.7 Å². The number of amides is 1. The maximum Gasteiger partial charge on any atom is 0.309 e. The molecule has 1 aliphatic rings. The Morgan fingerprint density at radius 3 is 2.65 bits per heavy atom. The average molecular weight is 331 g/mol. The molecule has 1 saturated heterocycles. The van der Waals surface area contributed by atoms with Gasteiger partial charge in [0.1, 0.15) is 5.75 Å². The molecule has 0 saturated carbocycles. The fourth-order valence-electron chi connectivity index (χ4n) is 2.99. The monoisotopic (exact) mass is 331 g/mol. The number of carboxylic acids is 1. The molecule has 2 heterocycles. The Morgan fingerprint density at radius 2 is 2.09 bits per heavy atom. The van der Waals surface area contributed by atoms with Crippen molar-refractivity contribution in [2.24, 2.45) is 5.92 Å². The lowest BCUT2D eigenvalue weighted by molar-refractivity contribution is -0.142. The summed E-state index contributed by atoms with van der Waals surface area (Å²) in [6.07, 6.45) is 0.0379. The highest BCUT2D eigenvalue weighted by Crippen LogP contribution is 2.39. The molecule has 2 aromatic rings. The molecule has 0 aliphatic carbocycles. The number of carbonyl (C=O) groups excluding carboxylic acids is 1. The average Bonchev–Trinajstić information content (AvgIpc) is 3.17. The number of hydrogen-bond acceptors (Lipinski definition) is 4. The molecule has 5 nitrogen and oxygen atoms in total. The van der Waals surface area contributed by atoms with E-state index in [1.54, 1.807) is 35.5 Å². The highest BCUT2D eigenvalue weighted by Gasteiger charge is 2.44. The fourth-order valence-corrected chi connectivity index (χ4v) is 3.65. The largest absolute Gasteiger partial charge is 0.497 e. The molecular weight excluding hydrogens is 314 g/mol. The molecule has 23 heavy (non-hydrogen) atoms. The number of carbonyl (C=O) groups is 2. The predicted octanol–water partition coefficient (Wildman–Crippen LogP) is 2.93. The Labute approximate surface area is 138 Å². The summed E-state index contributed by atoms with van der Waals surface area (Å²) in [4.78, 5) is 25.6. The Bertz CT molecular complexity index is 696. The highest BCUT2D eigenvalue weighted by atomic mass is 32.1. The summed E-state index contributed by atoms with van der Waals surface area (Å²) in [5, 5.41) is 13.4. The first-order chi connectivity index (χ1) is 11.1. The zero-order valence-electron chi connectivity index (χ0n) is 12.6. The summed E-state index contributed by atoms with van der Waals surface area (Å²) in [5.74, 6) is -1.08. The number of methoxy groups -OCH3 is 1. The second kappa shape index (κ2) is 6.42. The number of thiophene rings is 1. The Morgan fingerprint density at radius 1 is 1.35 bits per heavy atom. The molecule has 6 heteroatoms. The van der Waals surface area contributed by atoms with E-state index in [4.69, 9.17) is 4.74 Å².